The molecule has 0 radical (unpaired) electrons. The van der Waals surface area contributed by atoms with Gasteiger partial charge in [0.05, 0.1) is 6.26 Å². The summed E-state index contributed by atoms with van der Waals surface area (Å²) in [6.45, 7) is 6.17. The fraction of sp³-hybridized carbons (Fsp3) is 0.562. The molecule has 0 fully saturated rings. The van der Waals surface area contributed by atoms with E-state index in [0.717, 1.165) is 12.0 Å². The smallest absolute Gasteiger partial charge is 0.257 e. The predicted molar refractivity (Wildman–Crippen MR) is 91.0 cm³/mol. The number of carbonyl (C=O) groups is 1. The summed E-state index contributed by atoms with van der Waals surface area (Å²) in [6.07, 6.45) is 1.90. The van der Waals surface area contributed by atoms with E-state index in [1.807, 2.05) is 32.9 Å². The summed E-state index contributed by atoms with van der Waals surface area (Å²) in [4.78, 5) is 11.7. The Hall–Kier alpha value is -1.60. The first kappa shape index (κ1) is 19.4. The third-order valence-corrected chi connectivity index (χ3v) is 4.95. The zero-order valence-corrected chi connectivity index (χ0v) is 15.0. The van der Waals surface area contributed by atoms with Crippen LogP contribution < -0.4 is 10.1 Å². The maximum atomic E-state index is 11.7. The lowest BCUT2D eigenvalue weighted by Crippen LogP contribution is -2.43. The zero-order chi connectivity index (χ0) is 17.5. The monoisotopic (exact) mass is 342 g/mol. The maximum Gasteiger partial charge on any atom is 0.257 e. The third-order valence-electron chi connectivity index (χ3n) is 3.55. The van der Waals surface area contributed by atoms with Crippen molar-refractivity contribution in [2.75, 3.05) is 26.0 Å². The first-order chi connectivity index (χ1) is 10.7. The van der Waals surface area contributed by atoms with Crippen LogP contribution in [-0.2, 0) is 14.8 Å². The molecule has 1 atom stereocenters. The van der Waals surface area contributed by atoms with Crippen LogP contribution in [0.5, 0.6) is 5.75 Å². The lowest BCUT2D eigenvalue weighted by molar-refractivity contribution is -0.123. The van der Waals surface area contributed by atoms with Gasteiger partial charge in [-0.15, -0.1) is 0 Å². The third kappa shape index (κ3) is 7.00. The standard InChI is InChI=1S/C16H26N2O4S/c1-5-14(3)18(23(4,20)21)11-10-17-16(19)12-22-15-8-6-13(2)7-9-15/h6-9,14H,5,10-12H2,1-4H3,(H,17,19). The van der Waals surface area contributed by atoms with Gasteiger partial charge in [-0.3, -0.25) is 4.79 Å². The second kappa shape index (κ2) is 8.88. The summed E-state index contributed by atoms with van der Waals surface area (Å²) in [6, 6.07) is 7.33. The minimum Gasteiger partial charge on any atom is -0.484 e. The number of nitrogens with one attached hydrogen (secondary N) is 1. The number of benzene rings is 1. The van der Waals surface area contributed by atoms with Crippen LogP contribution in [0.25, 0.3) is 0 Å². The zero-order valence-electron chi connectivity index (χ0n) is 14.2. The molecule has 1 rings (SSSR count). The largest absolute Gasteiger partial charge is 0.484 e. The van der Waals surface area contributed by atoms with Crippen molar-refractivity contribution in [1.82, 2.24) is 9.62 Å². The van der Waals surface area contributed by atoms with Crippen molar-refractivity contribution < 1.29 is 17.9 Å². The van der Waals surface area contributed by atoms with Crippen molar-refractivity contribution >= 4 is 15.9 Å². The van der Waals surface area contributed by atoms with E-state index < -0.39 is 10.0 Å². The highest BCUT2D eigenvalue weighted by atomic mass is 32.2. The Bertz CT molecular complexity index is 599. The molecule has 0 heterocycles. The topological polar surface area (TPSA) is 75.7 Å². The molecule has 23 heavy (non-hydrogen) atoms. The first-order valence-electron chi connectivity index (χ1n) is 7.67. The Morgan fingerprint density at radius 1 is 1.30 bits per heavy atom. The molecule has 0 saturated carbocycles. The van der Waals surface area contributed by atoms with Gasteiger partial charge in [0.25, 0.3) is 5.91 Å². The van der Waals surface area contributed by atoms with E-state index in [4.69, 9.17) is 4.74 Å². The van der Waals surface area contributed by atoms with E-state index in [1.54, 1.807) is 12.1 Å². The Balaban J connectivity index is 2.39. The molecule has 1 aromatic rings. The highest BCUT2D eigenvalue weighted by Gasteiger charge is 2.21. The number of ether oxygens (including phenoxy) is 1. The molecule has 0 saturated heterocycles. The molecule has 0 aliphatic heterocycles. The molecule has 6 nitrogen and oxygen atoms in total. The van der Waals surface area contributed by atoms with Crippen molar-refractivity contribution in [2.45, 2.75) is 33.2 Å². The summed E-state index contributed by atoms with van der Waals surface area (Å²) in [7, 11) is -3.28. The van der Waals surface area contributed by atoms with Gasteiger partial charge < -0.3 is 10.1 Å². The number of amides is 1. The molecule has 0 bridgehead atoms. The van der Waals surface area contributed by atoms with Crippen LogP contribution in [0.1, 0.15) is 25.8 Å². The van der Waals surface area contributed by atoms with Gasteiger partial charge in [-0.25, -0.2) is 8.42 Å². The fourth-order valence-corrected chi connectivity index (χ4v) is 3.28. The number of hydrogen-bond donors (Lipinski definition) is 1. The average molecular weight is 342 g/mol. The van der Waals surface area contributed by atoms with E-state index >= 15 is 0 Å². The van der Waals surface area contributed by atoms with E-state index in [1.165, 1.54) is 10.6 Å². The molecule has 0 spiro atoms. The lowest BCUT2D eigenvalue weighted by atomic mass is 10.2. The van der Waals surface area contributed by atoms with E-state index in [-0.39, 0.29) is 31.6 Å². The summed E-state index contributed by atoms with van der Waals surface area (Å²) >= 11 is 0. The van der Waals surface area contributed by atoms with Gasteiger partial charge in [-0.1, -0.05) is 24.6 Å². The van der Waals surface area contributed by atoms with Crippen molar-refractivity contribution in [1.29, 1.82) is 0 Å². The highest BCUT2D eigenvalue weighted by molar-refractivity contribution is 7.88. The predicted octanol–water partition coefficient (Wildman–Crippen LogP) is 1.55. The van der Waals surface area contributed by atoms with Gasteiger partial charge in [-0.05, 0) is 32.4 Å². The SMILES string of the molecule is CCC(C)N(CCNC(=O)COc1ccc(C)cc1)S(C)(=O)=O. The molecule has 0 aromatic heterocycles. The number of hydrogen-bond acceptors (Lipinski definition) is 4. The minimum atomic E-state index is -3.28. The number of rotatable bonds is 9. The van der Waals surface area contributed by atoms with Crippen LogP contribution in [-0.4, -0.2) is 50.6 Å². The molecule has 0 aliphatic rings. The first-order valence-corrected chi connectivity index (χ1v) is 9.51. The van der Waals surface area contributed by atoms with Crippen molar-refractivity contribution in [3.05, 3.63) is 29.8 Å². The normalized spacial score (nSPS) is 12.9. The van der Waals surface area contributed by atoms with Gasteiger partial charge >= 0.3 is 0 Å². The minimum absolute atomic E-state index is 0.0919. The van der Waals surface area contributed by atoms with Gasteiger partial charge in [0, 0.05) is 19.1 Å². The summed E-state index contributed by atoms with van der Waals surface area (Å²) in [5.74, 6) is 0.353. The molecule has 0 aliphatic carbocycles. The lowest BCUT2D eigenvalue weighted by Gasteiger charge is -2.25. The number of carbonyl (C=O) groups excluding carboxylic acids is 1. The Labute approximate surface area is 138 Å². The molecule has 1 amide bonds. The number of nitrogens with zero attached hydrogens (tertiary/aromatic N) is 1. The van der Waals surface area contributed by atoms with Crippen LogP contribution in [0.3, 0.4) is 0 Å². The van der Waals surface area contributed by atoms with E-state index in [9.17, 15) is 13.2 Å². The van der Waals surface area contributed by atoms with E-state index in [2.05, 4.69) is 5.32 Å². The average Bonchev–Trinajstić information content (AvgIpc) is 2.49. The van der Waals surface area contributed by atoms with Crippen LogP contribution in [0.4, 0.5) is 0 Å². The van der Waals surface area contributed by atoms with Crippen LogP contribution in [0.2, 0.25) is 0 Å². The Kier molecular flexibility index (Phi) is 7.51. The second-order valence-electron chi connectivity index (χ2n) is 5.58. The van der Waals surface area contributed by atoms with Crippen molar-refractivity contribution in [2.24, 2.45) is 0 Å². The molecule has 1 N–H and O–H groups in total. The quantitative estimate of drug-likeness (QED) is 0.739. The Morgan fingerprint density at radius 2 is 1.91 bits per heavy atom. The highest BCUT2D eigenvalue weighted by Crippen LogP contribution is 2.11. The van der Waals surface area contributed by atoms with Gasteiger partial charge in [-0.2, -0.15) is 4.31 Å². The van der Waals surface area contributed by atoms with Crippen molar-refractivity contribution in [3.8, 4) is 5.75 Å². The molecular formula is C16H26N2O4S. The molecular weight excluding hydrogens is 316 g/mol. The van der Waals surface area contributed by atoms with Gasteiger partial charge in [0.1, 0.15) is 5.75 Å². The van der Waals surface area contributed by atoms with Gasteiger partial charge in [0.15, 0.2) is 6.61 Å². The summed E-state index contributed by atoms with van der Waals surface area (Å²) in [5.41, 5.74) is 1.12. The van der Waals surface area contributed by atoms with Crippen LogP contribution >= 0.6 is 0 Å². The van der Waals surface area contributed by atoms with Crippen LogP contribution in [0.15, 0.2) is 24.3 Å². The maximum absolute atomic E-state index is 11.7. The van der Waals surface area contributed by atoms with Crippen molar-refractivity contribution in [3.63, 3.8) is 0 Å². The summed E-state index contributed by atoms with van der Waals surface area (Å²) in [5, 5.41) is 2.68. The molecule has 1 aromatic carbocycles. The second-order valence-corrected chi connectivity index (χ2v) is 7.52. The van der Waals surface area contributed by atoms with E-state index in [0.29, 0.717) is 5.75 Å². The number of aryl methyl sites for hydroxylation is 1. The van der Waals surface area contributed by atoms with Crippen LogP contribution in [0, 0.1) is 6.92 Å². The Morgan fingerprint density at radius 3 is 2.43 bits per heavy atom. The summed E-state index contributed by atoms with van der Waals surface area (Å²) < 4.78 is 30.2. The molecule has 7 heteroatoms. The fourth-order valence-electron chi connectivity index (χ4n) is 2.06. The molecule has 130 valence electrons. The van der Waals surface area contributed by atoms with Gasteiger partial charge in [0.2, 0.25) is 10.0 Å². The molecule has 1 unspecified atom stereocenters. The number of sulfonamides is 1.